The first-order chi connectivity index (χ1) is 18.7. The van der Waals surface area contributed by atoms with Crippen LogP contribution in [0.1, 0.15) is 10.0 Å². The van der Waals surface area contributed by atoms with E-state index < -0.39 is 0 Å². The Morgan fingerprint density at radius 3 is 1.16 bits per heavy atom. The van der Waals surface area contributed by atoms with Crippen LogP contribution in [0.4, 0.5) is 0 Å². The summed E-state index contributed by atoms with van der Waals surface area (Å²) in [5, 5.41) is 6.71. The van der Waals surface area contributed by atoms with Crippen molar-refractivity contribution in [3.63, 3.8) is 0 Å². The van der Waals surface area contributed by atoms with Crippen LogP contribution in [0.5, 0.6) is 0 Å². The van der Waals surface area contributed by atoms with Crippen LogP contribution in [0.15, 0.2) is 97.3 Å². The summed E-state index contributed by atoms with van der Waals surface area (Å²) in [7, 11) is 0. The van der Waals surface area contributed by atoms with E-state index in [1.54, 1.807) is 22.7 Å². The average Bonchev–Trinajstić information content (AvgIpc) is 3.60. The predicted octanol–water partition coefficient (Wildman–Crippen LogP) is 8.98. The van der Waals surface area contributed by atoms with Gasteiger partial charge in [0, 0.05) is 23.5 Å². The highest BCUT2D eigenvalue weighted by Crippen LogP contribution is 2.43. The van der Waals surface area contributed by atoms with E-state index in [2.05, 4.69) is 94.9 Å². The number of hydrogen-bond acceptors (Lipinski definition) is 6. The van der Waals surface area contributed by atoms with Crippen LogP contribution >= 0.6 is 22.7 Å². The molecule has 0 saturated carbocycles. The second-order valence-corrected chi connectivity index (χ2v) is 11.6. The Bertz CT molecular complexity index is 1770. The molecule has 4 aromatic heterocycles. The summed E-state index contributed by atoms with van der Waals surface area (Å²) in [6.45, 7) is 4.05. The van der Waals surface area contributed by atoms with Crippen molar-refractivity contribution in [2.45, 2.75) is 13.8 Å². The van der Waals surface area contributed by atoms with Gasteiger partial charge >= 0.3 is 0 Å². The number of pyridine rings is 2. The molecule has 0 amide bonds. The van der Waals surface area contributed by atoms with E-state index >= 15 is 0 Å². The molecule has 3 aromatic carbocycles. The zero-order chi connectivity index (χ0) is 25.6. The summed E-state index contributed by atoms with van der Waals surface area (Å²) >= 11 is 3.33. The molecular formula is C32H22N4S2. The standard InChI is InChI=1S/C32H22N4S2/c1-19-33-17-29(37-19)25-13-7-15-27(35-25)31-21-9-3-5-11-23(21)32(24-12-6-4-10-22(24)31)28-16-8-14-26(36-28)30-18-34-20(2)38-30/h3-18H,1-2H3. The molecule has 0 aliphatic carbocycles. The third kappa shape index (κ3) is 3.90. The van der Waals surface area contributed by atoms with Crippen molar-refractivity contribution in [1.29, 1.82) is 0 Å². The highest BCUT2D eigenvalue weighted by molar-refractivity contribution is 7.15. The molecule has 0 atom stereocenters. The monoisotopic (exact) mass is 526 g/mol. The van der Waals surface area contributed by atoms with E-state index in [9.17, 15) is 0 Å². The third-order valence-electron chi connectivity index (χ3n) is 6.69. The lowest BCUT2D eigenvalue weighted by molar-refractivity contribution is 1.29. The summed E-state index contributed by atoms with van der Waals surface area (Å²) in [6, 6.07) is 29.7. The Hall–Kier alpha value is -4.26. The fourth-order valence-corrected chi connectivity index (χ4v) is 6.56. The van der Waals surface area contributed by atoms with E-state index in [1.807, 2.05) is 26.2 Å². The van der Waals surface area contributed by atoms with E-state index in [1.165, 1.54) is 0 Å². The zero-order valence-electron chi connectivity index (χ0n) is 20.8. The Kier molecular flexibility index (Phi) is 5.57. The minimum atomic E-state index is 0.944. The Morgan fingerprint density at radius 1 is 0.447 bits per heavy atom. The topological polar surface area (TPSA) is 51.6 Å². The van der Waals surface area contributed by atoms with E-state index in [0.717, 1.165) is 75.2 Å². The van der Waals surface area contributed by atoms with Crippen LogP contribution in [0, 0.1) is 13.8 Å². The molecule has 0 fully saturated rings. The number of aromatic nitrogens is 4. The van der Waals surface area contributed by atoms with Gasteiger partial charge in [-0.05, 0) is 59.7 Å². The first-order valence-corrected chi connectivity index (χ1v) is 14.0. The van der Waals surface area contributed by atoms with Crippen molar-refractivity contribution < 1.29 is 0 Å². The summed E-state index contributed by atoms with van der Waals surface area (Å²) in [5.41, 5.74) is 6.07. The second kappa shape index (κ2) is 9.24. The maximum Gasteiger partial charge on any atom is 0.0901 e. The molecule has 4 heterocycles. The molecule has 0 N–H and O–H groups in total. The van der Waals surface area contributed by atoms with Gasteiger partial charge in [-0.15, -0.1) is 22.7 Å². The minimum Gasteiger partial charge on any atom is -0.249 e. The lowest BCUT2D eigenvalue weighted by atomic mass is 9.88. The van der Waals surface area contributed by atoms with Gasteiger partial charge in [-0.25, -0.2) is 19.9 Å². The van der Waals surface area contributed by atoms with Crippen molar-refractivity contribution in [2.75, 3.05) is 0 Å². The molecule has 182 valence electrons. The van der Waals surface area contributed by atoms with Gasteiger partial charge in [-0.2, -0.15) is 0 Å². The van der Waals surface area contributed by atoms with Crippen molar-refractivity contribution in [2.24, 2.45) is 0 Å². The molecule has 0 saturated heterocycles. The molecular weight excluding hydrogens is 505 g/mol. The van der Waals surface area contributed by atoms with Gasteiger partial charge in [-0.1, -0.05) is 60.7 Å². The summed E-state index contributed by atoms with van der Waals surface area (Å²) < 4.78 is 0. The Morgan fingerprint density at radius 2 is 0.816 bits per heavy atom. The first-order valence-electron chi connectivity index (χ1n) is 12.4. The number of benzene rings is 3. The van der Waals surface area contributed by atoms with Crippen LogP contribution in [0.3, 0.4) is 0 Å². The minimum absolute atomic E-state index is 0.944. The zero-order valence-corrected chi connectivity index (χ0v) is 22.5. The normalized spacial score (nSPS) is 11.4. The summed E-state index contributed by atoms with van der Waals surface area (Å²) in [6.07, 6.45) is 3.82. The maximum atomic E-state index is 5.13. The lowest BCUT2D eigenvalue weighted by Crippen LogP contribution is -1.94. The molecule has 0 radical (unpaired) electrons. The van der Waals surface area contributed by atoms with Crippen LogP contribution in [-0.2, 0) is 0 Å². The molecule has 7 rings (SSSR count). The van der Waals surface area contributed by atoms with Crippen molar-refractivity contribution in [3.05, 3.63) is 107 Å². The molecule has 0 aliphatic heterocycles. The van der Waals surface area contributed by atoms with Gasteiger partial charge in [0.2, 0.25) is 0 Å². The molecule has 38 heavy (non-hydrogen) atoms. The van der Waals surface area contributed by atoms with Gasteiger partial charge in [0.15, 0.2) is 0 Å². The van der Waals surface area contributed by atoms with Crippen LogP contribution in [0.25, 0.3) is 65.2 Å². The van der Waals surface area contributed by atoms with Crippen LogP contribution in [-0.4, -0.2) is 19.9 Å². The molecule has 0 bridgehead atoms. The SMILES string of the molecule is Cc1ncc(-c2cccc(-c3c4ccccc4c(-c4cccc(-c5cnc(C)s5)n4)c4ccccc34)n2)s1. The molecule has 4 nitrogen and oxygen atoms in total. The molecule has 0 aliphatic rings. The van der Waals surface area contributed by atoms with Crippen LogP contribution < -0.4 is 0 Å². The van der Waals surface area contributed by atoms with Gasteiger partial charge in [0.25, 0.3) is 0 Å². The number of hydrogen-bond donors (Lipinski definition) is 0. The van der Waals surface area contributed by atoms with Crippen LogP contribution in [0.2, 0.25) is 0 Å². The van der Waals surface area contributed by atoms with E-state index in [4.69, 9.17) is 9.97 Å². The quantitative estimate of drug-likeness (QED) is 0.215. The Labute approximate surface area is 228 Å². The number of thiazole rings is 2. The second-order valence-electron chi connectivity index (χ2n) is 9.14. The van der Waals surface area contributed by atoms with Crippen molar-refractivity contribution in [1.82, 2.24) is 19.9 Å². The first kappa shape index (κ1) is 22.9. The van der Waals surface area contributed by atoms with E-state index in [0.29, 0.717) is 0 Å². The van der Waals surface area contributed by atoms with Gasteiger partial charge in [0.05, 0.1) is 42.5 Å². The number of fused-ring (bicyclic) bond motifs is 2. The highest BCUT2D eigenvalue weighted by Gasteiger charge is 2.19. The number of nitrogens with zero attached hydrogens (tertiary/aromatic N) is 4. The number of rotatable bonds is 4. The predicted molar refractivity (Wildman–Crippen MR) is 160 cm³/mol. The Balaban J connectivity index is 1.51. The van der Waals surface area contributed by atoms with Gasteiger partial charge < -0.3 is 0 Å². The summed E-state index contributed by atoms with van der Waals surface area (Å²) in [5.74, 6) is 0. The smallest absolute Gasteiger partial charge is 0.0901 e. The average molecular weight is 527 g/mol. The van der Waals surface area contributed by atoms with Gasteiger partial charge in [-0.3, -0.25) is 0 Å². The molecule has 6 heteroatoms. The number of aryl methyl sites for hydroxylation is 2. The fraction of sp³-hybridized carbons (Fsp3) is 0.0625. The van der Waals surface area contributed by atoms with E-state index in [-0.39, 0.29) is 0 Å². The molecule has 0 unspecified atom stereocenters. The van der Waals surface area contributed by atoms with Gasteiger partial charge in [0.1, 0.15) is 0 Å². The highest BCUT2D eigenvalue weighted by atomic mass is 32.1. The molecule has 7 aromatic rings. The fourth-order valence-electron chi connectivity index (χ4n) is 5.06. The third-order valence-corrected chi connectivity index (χ3v) is 8.56. The maximum absolute atomic E-state index is 5.13. The molecule has 0 spiro atoms. The van der Waals surface area contributed by atoms with Crippen molar-refractivity contribution >= 4 is 44.2 Å². The largest absolute Gasteiger partial charge is 0.249 e. The lowest BCUT2D eigenvalue weighted by Gasteiger charge is -2.17. The van der Waals surface area contributed by atoms with Crippen molar-refractivity contribution in [3.8, 4) is 43.7 Å². The summed E-state index contributed by atoms with van der Waals surface area (Å²) in [4.78, 5) is 21.3.